The van der Waals surface area contributed by atoms with Crippen LogP contribution in [0.5, 0.6) is 0 Å². The largest absolute Gasteiger partial charge is 0.501 e. The van der Waals surface area contributed by atoms with Crippen molar-refractivity contribution in [1.29, 1.82) is 0 Å². The van der Waals surface area contributed by atoms with E-state index in [1.807, 2.05) is 13.2 Å². The summed E-state index contributed by atoms with van der Waals surface area (Å²) in [6, 6.07) is 0. The zero-order valence-electron chi connectivity index (χ0n) is 15.5. The first-order chi connectivity index (χ1) is 11.2. The molecule has 0 aliphatic heterocycles. The second-order valence-electron chi connectivity index (χ2n) is 6.73. The summed E-state index contributed by atoms with van der Waals surface area (Å²) < 4.78 is 11.2. The third-order valence-electron chi connectivity index (χ3n) is 4.34. The van der Waals surface area contributed by atoms with Crippen LogP contribution in [0.3, 0.4) is 0 Å². The minimum atomic E-state index is 0.0554. The summed E-state index contributed by atoms with van der Waals surface area (Å²) in [5.41, 5.74) is 0.0554. The molecule has 0 saturated heterocycles. The zero-order valence-corrected chi connectivity index (χ0v) is 15.5. The molecule has 0 aromatic heterocycles. The Hall–Kier alpha value is -1.18. The Morgan fingerprint density at radius 2 is 1.74 bits per heavy atom. The van der Waals surface area contributed by atoms with Gasteiger partial charge in [0.05, 0.1) is 19.5 Å². The number of rotatable bonds is 13. The van der Waals surface area contributed by atoms with Gasteiger partial charge < -0.3 is 9.47 Å². The van der Waals surface area contributed by atoms with Gasteiger partial charge in [0.15, 0.2) is 0 Å². The van der Waals surface area contributed by atoms with Gasteiger partial charge in [0.1, 0.15) is 5.76 Å². The van der Waals surface area contributed by atoms with E-state index in [0.717, 1.165) is 25.4 Å². The van der Waals surface area contributed by atoms with Gasteiger partial charge in [-0.15, -0.1) is 0 Å². The molecule has 0 fully saturated rings. The van der Waals surface area contributed by atoms with E-state index in [4.69, 9.17) is 9.47 Å². The number of ether oxygens (including phenoxy) is 2. The molecule has 2 heteroatoms. The molecular weight excluding hydrogens is 284 g/mol. The van der Waals surface area contributed by atoms with E-state index in [1.54, 1.807) is 0 Å². The predicted octanol–water partition coefficient (Wildman–Crippen LogP) is 6.54. The molecule has 1 aliphatic carbocycles. The molecule has 0 aromatic carbocycles. The van der Waals surface area contributed by atoms with Gasteiger partial charge in [-0.1, -0.05) is 64.9 Å². The lowest BCUT2D eigenvalue weighted by Gasteiger charge is -2.23. The fourth-order valence-electron chi connectivity index (χ4n) is 2.72. The lowest BCUT2D eigenvalue weighted by molar-refractivity contribution is 0.232. The Morgan fingerprint density at radius 1 is 1.04 bits per heavy atom. The third kappa shape index (κ3) is 9.53. The Bertz CT molecular complexity index is 381. The maximum Gasteiger partial charge on any atom is 0.115 e. The monoisotopic (exact) mass is 320 g/mol. The lowest BCUT2D eigenvalue weighted by Crippen LogP contribution is -2.12. The van der Waals surface area contributed by atoms with Crippen LogP contribution in [0.2, 0.25) is 0 Å². The van der Waals surface area contributed by atoms with Gasteiger partial charge in [0.2, 0.25) is 0 Å². The van der Waals surface area contributed by atoms with Crippen molar-refractivity contribution in [3.8, 4) is 0 Å². The van der Waals surface area contributed by atoms with Crippen molar-refractivity contribution in [3.63, 3.8) is 0 Å². The van der Waals surface area contributed by atoms with Crippen molar-refractivity contribution in [1.82, 2.24) is 0 Å². The van der Waals surface area contributed by atoms with Crippen LogP contribution in [-0.4, -0.2) is 13.2 Å². The summed E-state index contributed by atoms with van der Waals surface area (Å²) in [5.74, 6) is 0.984. The van der Waals surface area contributed by atoms with Crippen molar-refractivity contribution < 1.29 is 9.47 Å². The first-order valence-electron chi connectivity index (χ1n) is 9.51. The standard InChI is InChI=1S/C21H36O2/c1-4-6-7-8-9-10-11-12-18-22-19-17-21(3)15-13-20(14-16-21)23-5-2/h13-15,17,19H,4-12,16,18H2,1-3H3. The summed E-state index contributed by atoms with van der Waals surface area (Å²) in [6.07, 6.45) is 22.1. The van der Waals surface area contributed by atoms with E-state index >= 15 is 0 Å². The molecule has 0 radical (unpaired) electrons. The minimum absolute atomic E-state index is 0.0554. The SMILES string of the molecule is CCCCCCCCCCOC=CC1(C)C=CC(OCC)=CC1. The number of unbranched alkanes of at least 4 members (excludes halogenated alkanes) is 7. The molecule has 1 rings (SSSR count). The van der Waals surface area contributed by atoms with Crippen LogP contribution in [0.4, 0.5) is 0 Å². The van der Waals surface area contributed by atoms with Crippen molar-refractivity contribution in [2.45, 2.75) is 78.6 Å². The topological polar surface area (TPSA) is 18.5 Å². The fourth-order valence-corrected chi connectivity index (χ4v) is 2.72. The van der Waals surface area contributed by atoms with Gasteiger partial charge in [0, 0.05) is 5.41 Å². The van der Waals surface area contributed by atoms with E-state index in [-0.39, 0.29) is 5.41 Å². The van der Waals surface area contributed by atoms with Crippen molar-refractivity contribution in [3.05, 3.63) is 36.3 Å². The van der Waals surface area contributed by atoms with Gasteiger partial charge in [0.25, 0.3) is 0 Å². The molecule has 132 valence electrons. The smallest absolute Gasteiger partial charge is 0.115 e. The van der Waals surface area contributed by atoms with Crippen LogP contribution in [-0.2, 0) is 9.47 Å². The van der Waals surface area contributed by atoms with Crippen molar-refractivity contribution in [2.75, 3.05) is 13.2 Å². The Balaban J connectivity index is 2.03. The van der Waals surface area contributed by atoms with E-state index in [0.29, 0.717) is 0 Å². The number of allylic oxidation sites excluding steroid dienone is 4. The molecule has 0 heterocycles. The van der Waals surface area contributed by atoms with Crippen LogP contribution in [0.1, 0.15) is 78.6 Å². The highest BCUT2D eigenvalue weighted by molar-refractivity contribution is 5.25. The second kappa shape index (κ2) is 12.3. The molecule has 0 spiro atoms. The van der Waals surface area contributed by atoms with Crippen molar-refractivity contribution in [2.24, 2.45) is 5.41 Å². The van der Waals surface area contributed by atoms with E-state index in [1.165, 1.54) is 51.4 Å². The van der Waals surface area contributed by atoms with Gasteiger partial charge in [-0.2, -0.15) is 0 Å². The first kappa shape index (κ1) is 19.9. The highest BCUT2D eigenvalue weighted by atomic mass is 16.5. The zero-order chi connectivity index (χ0) is 16.8. The summed E-state index contributed by atoms with van der Waals surface area (Å²) in [5, 5.41) is 0. The first-order valence-corrected chi connectivity index (χ1v) is 9.51. The molecule has 23 heavy (non-hydrogen) atoms. The molecular formula is C21H36O2. The maximum atomic E-state index is 5.65. The average molecular weight is 321 g/mol. The highest BCUT2D eigenvalue weighted by Crippen LogP contribution is 2.31. The van der Waals surface area contributed by atoms with Gasteiger partial charge >= 0.3 is 0 Å². The summed E-state index contributed by atoms with van der Waals surface area (Å²) in [4.78, 5) is 0. The molecule has 0 saturated carbocycles. The molecule has 0 amide bonds. The number of hydrogen-bond donors (Lipinski definition) is 0. The predicted molar refractivity (Wildman–Crippen MR) is 99.3 cm³/mol. The van der Waals surface area contributed by atoms with Crippen molar-refractivity contribution >= 4 is 0 Å². The van der Waals surface area contributed by atoms with Crippen LogP contribution >= 0.6 is 0 Å². The Kier molecular flexibility index (Phi) is 10.6. The van der Waals surface area contributed by atoms with E-state index in [9.17, 15) is 0 Å². The molecule has 0 N–H and O–H groups in total. The molecule has 1 unspecified atom stereocenters. The van der Waals surface area contributed by atoms with Gasteiger partial charge in [-0.05, 0) is 38.0 Å². The lowest BCUT2D eigenvalue weighted by atomic mass is 9.83. The molecule has 1 atom stereocenters. The van der Waals surface area contributed by atoms with Gasteiger partial charge in [-0.25, -0.2) is 0 Å². The Morgan fingerprint density at radius 3 is 2.35 bits per heavy atom. The highest BCUT2D eigenvalue weighted by Gasteiger charge is 2.19. The average Bonchev–Trinajstić information content (AvgIpc) is 2.55. The third-order valence-corrected chi connectivity index (χ3v) is 4.34. The van der Waals surface area contributed by atoms with Crippen LogP contribution < -0.4 is 0 Å². The van der Waals surface area contributed by atoms with Crippen LogP contribution in [0.15, 0.2) is 36.3 Å². The molecule has 0 bridgehead atoms. The maximum absolute atomic E-state index is 5.65. The quantitative estimate of drug-likeness (QED) is 0.283. The molecule has 2 nitrogen and oxygen atoms in total. The summed E-state index contributed by atoms with van der Waals surface area (Å²) in [7, 11) is 0. The van der Waals surface area contributed by atoms with Crippen LogP contribution in [0, 0.1) is 5.41 Å². The van der Waals surface area contributed by atoms with Gasteiger partial charge in [-0.3, -0.25) is 0 Å². The number of hydrogen-bond acceptors (Lipinski definition) is 2. The molecule has 1 aliphatic rings. The summed E-state index contributed by atoms with van der Waals surface area (Å²) >= 11 is 0. The van der Waals surface area contributed by atoms with E-state index in [2.05, 4.69) is 38.2 Å². The minimum Gasteiger partial charge on any atom is -0.501 e. The normalized spacial score (nSPS) is 20.7. The Labute approximate surface area is 143 Å². The second-order valence-corrected chi connectivity index (χ2v) is 6.73. The fraction of sp³-hybridized carbons (Fsp3) is 0.714. The summed E-state index contributed by atoms with van der Waals surface area (Å²) in [6.45, 7) is 8.07. The van der Waals surface area contributed by atoms with Crippen LogP contribution in [0.25, 0.3) is 0 Å². The van der Waals surface area contributed by atoms with E-state index < -0.39 is 0 Å². The molecule has 0 aromatic rings.